The predicted octanol–water partition coefficient (Wildman–Crippen LogP) is 1.54. The smallest absolute Gasteiger partial charge is 0.254 e. The molecular weight excluding hydrogens is 422 g/mol. The van der Waals surface area contributed by atoms with Crippen LogP contribution in [0.1, 0.15) is 29.9 Å². The SMILES string of the molecule is COc1ccc(C(=O)NC(C(=O)N2CCN(c3cc(C)nc4ncnn34)CC2)C(C)C)cc1. The zero-order chi connectivity index (χ0) is 23.5. The molecule has 0 aliphatic carbocycles. The molecule has 0 bridgehead atoms. The zero-order valence-corrected chi connectivity index (χ0v) is 19.4. The number of hydrogen-bond acceptors (Lipinski definition) is 7. The molecule has 10 heteroatoms. The molecule has 0 spiro atoms. The van der Waals surface area contributed by atoms with Crippen LogP contribution in [0.3, 0.4) is 0 Å². The number of carbonyl (C=O) groups excluding carboxylic acids is 2. The number of hydrogen-bond donors (Lipinski definition) is 1. The standard InChI is InChI=1S/C23H29N7O3/c1-15(2)20(27-21(31)17-5-7-18(33-4)8-6-17)22(32)29-11-9-28(10-12-29)19-13-16(3)26-23-24-14-25-30(19)23/h5-8,13-15,20H,9-12H2,1-4H3,(H,27,31). The van der Waals surface area contributed by atoms with Gasteiger partial charge < -0.3 is 19.9 Å². The van der Waals surface area contributed by atoms with Gasteiger partial charge in [0, 0.05) is 43.5 Å². The second-order valence-corrected chi connectivity index (χ2v) is 8.46. The van der Waals surface area contributed by atoms with Crippen molar-refractivity contribution in [3.8, 4) is 5.75 Å². The predicted molar refractivity (Wildman–Crippen MR) is 123 cm³/mol. The molecule has 10 nitrogen and oxygen atoms in total. The van der Waals surface area contributed by atoms with Crippen LogP contribution in [0, 0.1) is 12.8 Å². The van der Waals surface area contributed by atoms with E-state index in [4.69, 9.17) is 4.74 Å². The summed E-state index contributed by atoms with van der Waals surface area (Å²) in [5.74, 6) is 1.76. The molecular formula is C23H29N7O3. The van der Waals surface area contributed by atoms with Crippen LogP contribution in [-0.2, 0) is 4.79 Å². The first-order valence-electron chi connectivity index (χ1n) is 11.0. The maximum Gasteiger partial charge on any atom is 0.254 e. The second kappa shape index (κ2) is 9.43. The molecule has 3 aromatic rings. The topological polar surface area (TPSA) is 105 Å². The average Bonchev–Trinajstić information content (AvgIpc) is 3.30. The molecule has 1 saturated heterocycles. The van der Waals surface area contributed by atoms with Crippen LogP contribution in [0.5, 0.6) is 5.75 Å². The van der Waals surface area contributed by atoms with Crippen LogP contribution < -0.4 is 15.0 Å². The minimum atomic E-state index is -0.601. The van der Waals surface area contributed by atoms with Gasteiger partial charge in [-0.3, -0.25) is 9.59 Å². The first kappa shape index (κ1) is 22.5. The van der Waals surface area contributed by atoms with E-state index in [1.165, 1.54) is 6.33 Å². The van der Waals surface area contributed by atoms with Gasteiger partial charge in [-0.1, -0.05) is 13.8 Å². The van der Waals surface area contributed by atoms with E-state index >= 15 is 0 Å². The molecule has 3 heterocycles. The van der Waals surface area contributed by atoms with Crippen molar-refractivity contribution < 1.29 is 14.3 Å². The second-order valence-electron chi connectivity index (χ2n) is 8.46. The lowest BCUT2D eigenvalue weighted by molar-refractivity contribution is -0.134. The minimum absolute atomic E-state index is 0.0460. The van der Waals surface area contributed by atoms with Crippen molar-refractivity contribution in [2.24, 2.45) is 5.92 Å². The van der Waals surface area contributed by atoms with E-state index in [1.807, 2.05) is 31.7 Å². The largest absolute Gasteiger partial charge is 0.497 e. The van der Waals surface area contributed by atoms with Gasteiger partial charge >= 0.3 is 0 Å². The fraction of sp³-hybridized carbons (Fsp3) is 0.435. The van der Waals surface area contributed by atoms with E-state index in [2.05, 4.69) is 25.3 Å². The highest BCUT2D eigenvalue weighted by Crippen LogP contribution is 2.19. The first-order chi connectivity index (χ1) is 15.9. The minimum Gasteiger partial charge on any atom is -0.497 e. The lowest BCUT2D eigenvalue weighted by atomic mass is 10.0. The number of aromatic nitrogens is 4. The number of benzene rings is 1. The van der Waals surface area contributed by atoms with Crippen LogP contribution in [0.2, 0.25) is 0 Å². The number of aryl methyl sites for hydroxylation is 1. The monoisotopic (exact) mass is 451 g/mol. The Morgan fingerprint density at radius 3 is 2.42 bits per heavy atom. The van der Waals surface area contributed by atoms with Crippen molar-refractivity contribution in [1.82, 2.24) is 29.8 Å². The van der Waals surface area contributed by atoms with E-state index < -0.39 is 6.04 Å². The molecule has 0 saturated carbocycles. The highest BCUT2D eigenvalue weighted by atomic mass is 16.5. The zero-order valence-electron chi connectivity index (χ0n) is 19.4. The van der Waals surface area contributed by atoms with E-state index in [1.54, 1.807) is 35.9 Å². The Kier molecular flexibility index (Phi) is 6.43. The number of rotatable bonds is 6. The van der Waals surface area contributed by atoms with Crippen LogP contribution in [0.25, 0.3) is 5.78 Å². The third-order valence-corrected chi connectivity index (χ3v) is 5.85. The van der Waals surface area contributed by atoms with Gasteiger partial charge in [0.05, 0.1) is 7.11 Å². The summed E-state index contributed by atoms with van der Waals surface area (Å²) < 4.78 is 6.86. The molecule has 1 aliphatic rings. The quantitative estimate of drug-likeness (QED) is 0.606. The molecule has 1 unspecified atom stereocenters. The fourth-order valence-electron chi connectivity index (χ4n) is 3.97. The number of fused-ring (bicyclic) bond motifs is 1. The maximum absolute atomic E-state index is 13.3. The molecule has 1 aromatic carbocycles. The van der Waals surface area contributed by atoms with Crippen molar-refractivity contribution >= 4 is 23.4 Å². The van der Waals surface area contributed by atoms with Crippen LogP contribution >= 0.6 is 0 Å². The molecule has 0 radical (unpaired) electrons. The van der Waals surface area contributed by atoms with Gasteiger partial charge in [-0.05, 0) is 37.1 Å². The number of carbonyl (C=O) groups is 2. The first-order valence-corrected chi connectivity index (χ1v) is 11.0. The molecule has 1 aliphatic heterocycles. The highest BCUT2D eigenvalue weighted by Gasteiger charge is 2.31. The fourth-order valence-corrected chi connectivity index (χ4v) is 3.97. The average molecular weight is 452 g/mol. The Bertz CT molecular complexity index is 1130. The molecule has 1 atom stereocenters. The van der Waals surface area contributed by atoms with E-state index in [-0.39, 0.29) is 17.7 Å². The number of nitrogens with one attached hydrogen (secondary N) is 1. The van der Waals surface area contributed by atoms with Crippen molar-refractivity contribution in [1.29, 1.82) is 0 Å². The highest BCUT2D eigenvalue weighted by molar-refractivity contribution is 5.97. The Labute approximate surface area is 192 Å². The van der Waals surface area contributed by atoms with Crippen LogP contribution in [0.15, 0.2) is 36.7 Å². The van der Waals surface area contributed by atoms with Crippen molar-refractivity contribution in [3.05, 3.63) is 47.9 Å². The van der Waals surface area contributed by atoms with Crippen molar-refractivity contribution in [2.75, 3.05) is 38.2 Å². The lowest BCUT2D eigenvalue weighted by Gasteiger charge is -2.38. The normalized spacial score (nSPS) is 15.1. The molecule has 174 valence electrons. The van der Waals surface area contributed by atoms with Gasteiger partial charge in [-0.25, -0.2) is 4.98 Å². The Hall–Kier alpha value is -3.69. The summed E-state index contributed by atoms with van der Waals surface area (Å²) in [7, 11) is 1.58. The Balaban J connectivity index is 1.42. The van der Waals surface area contributed by atoms with Gasteiger partial charge in [-0.15, -0.1) is 0 Å². The van der Waals surface area contributed by atoms with Gasteiger partial charge in [0.25, 0.3) is 11.7 Å². The van der Waals surface area contributed by atoms with Crippen molar-refractivity contribution in [3.63, 3.8) is 0 Å². The summed E-state index contributed by atoms with van der Waals surface area (Å²) in [6.45, 7) is 8.22. The van der Waals surface area contributed by atoms with Crippen LogP contribution in [0.4, 0.5) is 5.82 Å². The molecule has 33 heavy (non-hydrogen) atoms. The Morgan fingerprint density at radius 2 is 1.79 bits per heavy atom. The maximum atomic E-state index is 13.3. The lowest BCUT2D eigenvalue weighted by Crippen LogP contribution is -2.56. The number of nitrogens with zero attached hydrogens (tertiary/aromatic N) is 6. The third kappa shape index (κ3) is 4.74. The van der Waals surface area contributed by atoms with E-state index in [0.717, 1.165) is 11.5 Å². The van der Waals surface area contributed by atoms with Crippen LogP contribution in [-0.4, -0.2) is 75.6 Å². The van der Waals surface area contributed by atoms with Gasteiger partial charge in [0.1, 0.15) is 23.9 Å². The van der Waals surface area contributed by atoms with Gasteiger partial charge in [0.15, 0.2) is 0 Å². The molecule has 1 fully saturated rings. The molecule has 1 N–H and O–H groups in total. The van der Waals surface area contributed by atoms with Gasteiger partial charge in [0.2, 0.25) is 5.91 Å². The number of ether oxygens (including phenoxy) is 1. The molecule has 2 aromatic heterocycles. The molecule has 2 amide bonds. The Morgan fingerprint density at radius 1 is 1.09 bits per heavy atom. The number of anilines is 1. The summed E-state index contributed by atoms with van der Waals surface area (Å²) >= 11 is 0. The molecule has 4 rings (SSSR count). The van der Waals surface area contributed by atoms with Gasteiger partial charge in [-0.2, -0.15) is 14.6 Å². The number of methoxy groups -OCH3 is 1. The van der Waals surface area contributed by atoms with E-state index in [0.29, 0.717) is 43.3 Å². The summed E-state index contributed by atoms with van der Waals surface area (Å²) in [6.07, 6.45) is 1.49. The summed E-state index contributed by atoms with van der Waals surface area (Å²) in [5, 5.41) is 7.20. The van der Waals surface area contributed by atoms with E-state index in [9.17, 15) is 9.59 Å². The summed E-state index contributed by atoms with van der Waals surface area (Å²) in [5.41, 5.74) is 1.36. The third-order valence-electron chi connectivity index (χ3n) is 5.85. The van der Waals surface area contributed by atoms with Crippen molar-refractivity contribution in [2.45, 2.75) is 26.8 Å². The summed E-state index contributed by atoms with van der Waals surface area (Å²) in [6, 6.07) is 8.22. The number of amides is 2. The summed E-state index contributed by atoms with van der Waals surface area (Å²) in [4.78, 5) is 38.7. The number of piperazine rings is 1.